The van der Waals surface area contributed by atoms with Crippen molar-refractivity contribution < 1.29 is 9.59 Å². The average Bonchev–Trinajstić information content (AvgIpc) is 3.33. The Morgan fingerprint density at radius 3 is 2.62 bits per heavy atom. The first-order valence-corrected chi connectivity index (χ1v) is 9.68. The summed E-state index contributed by atoms with van der Waals surface area (Å²) >= 11 is 1.62. The topological polar surface area (TPSA) is 69.6 Å². The van der Waals surface area contributed by atoms with Gasteiger partial charge in [-0.15, -0.1) is 11.3 Å². The summed E-state index contributed by atoms with van der Waals surface area (Å²) in [6, 6.07) is 3.81. The molecule has 4 rings (SSSR count). The number of hydrogen-bond acceptors (Lipinski definition) is 6. The van der Waals surface area contributed by atoms with Crippen molar-refractivity contribution in [3.8, 4) is 0 Å². The lowest BCUT2D eigenvalue weighted by Gasteiger charge is -2.35. The second-order valence-electron chi connectivity index (χ2n) is 6.66. The normalized spacial score (nSPS) is 20.7. The maximum absolute atomic E-state index is 12.8. The third-order valence-corrected chi connectivity index (χ3v) is 5.80. The van der Waals surface area contributed by atoms with Crippen LogP contribution < -0.4 is 4.90 Å². The van der Waals surface area contributed by atoms with Crippen LogP contribution in [-0.2, 0) is 16.1 Å². The van der Waals surface area contributed by atoms with Gasteiger partial charge in [0.25, 0.3) is 0 Å². The van der Waals surface area contributed by atoms with Gasteiger partial charge in [-0.25, -0.2) is 4.98 Å². The van der Waals surface area contributed by atoms with E-state index in [0.29, 0.717) is 32.6 Å². The van der Waals surface area contributed by atoms with Gasteiger partial charge in [-0.05, 0) is 17.7 Å². The van der Waals surface area contributed by atoms with Crippen molar-refractivity contribution in [2.24, 2.45) is 5.92 Å². The number of aromatic nitrogens is 2. The molecule has 0 saturated carbocycles. The SMILES string of the molecule is O=C1C[C@H](C(=O)N2CCN(c3nccs3)CC2)CN1Cc1ccncc1. The summed E-state index contributed by atoms with van der Waals surface area (Å²) in [5.74, 6) is -0.0632. The fourth-order valence-electron chi connectivity index (χ4n) is 3.55. The Hall–Kier alpha value is -2.48. The Labute approximate surface area is 156 Å². The van der Waals surface area contributed by atoms with E-state index in [1.807, 2.05) is 22.4 Å². The van der Waals surface area contributed by atoms with Crippen LogP contribution in [0.2, 0.25) is 0 Å². The molecule has 4 heterocycles. The Morgan fingerprint density at radius 1 is 1.15 bits per heavy atom. The molecule has 0 aliphatic carbocycles. The first-order chi connectivity index (χ1) is 12.7. The second-order valence-corrected chi connectivity index (χ2v) is 7.53. The van der Waals surface area contributed by atoms with Gasteiger partial charge >= 0.3 is 0 Å². The van der Waals surface area contributed by atoms with E-state index in [9.17, 15) is 9.59 Å². The predicted molar refractivity (Wildman–Crippen MR) is 98.7 cm³/mol. The molecule has 2 amide bonds. The Morgan fingerprint density at radius 2 is 1.92 bits per heavy atom. The average molecular weight is 371 g/mol. The molecule has 0 spiro atoms. The zero-order chi connectivity index (χ0) is 17.9. The van der Waals surface area contributed by atoms with Crippen molar-refractivity contribution in [1.29, 1.82) is 0 Å². The molecule has 26 heavy (non-hydrogen) atoms. The summed E-state index contributed by atoms with van der Waals surface area (Å²) < 4.78 is 0. The van der Waals surface area contributed by atoms with Crippen molar-refractivity contribution >= 4 is 28.3 Å². The van der Waals surface area contributed by atoms with Crippen LogP contribution in [0.4, 0.5) is 5.13 Å². The molecule has 1 atom stereocenters. The summed E-state index contributed by atoms with van der Waals surface area (Å²) in [7, 11) is 0. The molecule has 0 bridgehead atoms. The van der Waals surface area contributed by atoms with E-state index < -0.39 is 0 Å². The van der Waals surface area contributed by atoms with Crippen molar-refractivity contribution in [3.05, 3.63) is 41.7 Å². The highest BCUT2D eigenvalue weighted by Crippen LogP contribution is 2.24. The first-order valence-electron chi connectivity index (χ1n) is 8.80. The lowest BCUT2D eigenvalue weighted by molar-refractivity contribution is -0.136. The zero-order valence-corrected chi connectivity index (χ0v) is 15.3. The second kappa shape index (κ2) is 7.41. The van der Waals surface area contributed by atoms with Crippen LogP contribution in [-0.4, -0.2) is 64.3 Å². The molecule has 2 aromatic heterocycles. The van der Waals surface area contributed by atoms with Crippen LogP contribution in [0.5, 0.6) is 0 Å². The van der Waals surface area contributed by atoms with E-state index in [-0.39, 0.29) is 17.7 Å². The number of carbonyl (C=O) groups excluding carboxylic acids is 2. The number of piperazine rings is 1. The number of carbonyl (C=O) groups is 2. The number of likely N-dealkylation sites (tertiary alicyclic amines) is 1. The molecule has 136 valence electrons. The van der Waals surface area contributed by atoms with Crippen LogP contribution in [0.1, 0.15) is 12.0 Å². The number of amides is 2. The van der Waals surface area contributed by atoms with Crippen LogP contribution in [0.25, 0.3) is 0 Å². The van der Waals surface area contributed by atoms with Gasteiger partial charge in [-0.3, -0.25) is 14.6 Å². The summed E-state index contributed by atoms with van der Waals surface area (Å²) in [5.41, 5.74) is 1.04. The van der Waals surface area contributed by atoms with E-state index in [4.69, 9.17) is 0 Å². The minimum atomic E-state index is -0.226. The molecule has 2 aromatic rings. The molecule has 2 saturated heterocycles. The van der Waals surface area contributed by atoms with Crippen LogP contribution in [0, 0.1) is 5.92 Å². The maximum Gasteiger partial charge on any atom is 0.228 e. The zero-order valence-electron chi connectivity index (χ0n) is 14.5. The molecule has 2 aliphatic heterocycles. The van der Waals surface area contributed by atoms with Gasteiger partial charge in [0.2, 0.25) is 11.8 Å². The third kappa shape index (κ3) is 3.55. The number of pyridine rings is 1. The van der Waals surface area contributed by atoms with Gasteiger partial charge < -0.3 is 14.7 Å². The molecule has 0 N–H and O–H groups in total. The van der Waals surface area contributed by atoms with Crippen molar-refractivity contribution in [1.82, 2.24) is 19.8 Å². The first kappa shape index (κ1) is 17.0. The van der Waals surface area contributed by atoms with E-state index in [1.54, 1.807) is 34.8 Å². The molecule has 8 heteroatoms. The Bertz CT molecular complexity index is 759. The third-order valence-electron chi connectivity index (χ3n) is 4.97. The van der Waals surface area contributed by atoms with E-state index in [2.05, 4.69) is 14.9 Å². The monoisotopic (exact) mass is 371 g/mol. The molecular formula is C18H21N5O2S. The smallest absolute Gasteiger partial charge is 0.228 e. The van der Waals surface area contributed by atoms with Crippen molar-refractivity contribution in [2.45, 2.75) is 13.0 Å². The Kier molecular flexibility index (Phi) is 4.83. The maximum atomic E-state index is 12.8. The standard InChI is InChI=1S/C18H21N5O2S/c24-16-11-15(13-23(16)12-14-1-3-19-4-2-14)17(25)21-6-8-22(9-7-21)18-20-5-10-26-18/h1-5,10,15H,6-9,11-13H2/t15-/m0/s1. The fourth-order valence-corrected chi connectivity index (χ4v) is 4.24. The number of thiazole rings is 1. The van der Waals surface area contributed by atoms with Gasteiger partial charge in [0.15, 0.2) is 5.13 Å². The number of nitrogens with zero attached hydrogens (tertiary/aromatic N) is 5. The molecule has 7 nitrogen and oxygen atoms in total. The lowest BCUT2D eigenvalue weighted by Crippen LogP contribution is -2.50. The molecule has 0 aromatic carbocycles. The fraction of sp³-hybridized carbons (Fsp3) is 0.444. The summed E-state index contributed by atoms with van der Waals surface area (Å²) in [6.45, 7) is 4.01. The van der Waals surface area contributed by atoms with E-state index in [1.165, 1.54) is 0 Å². The molecule has 0 unspecified atom stereocenters. The Balaban J connectivity index is 1.32. The van der Waals surface area contributed by atoms with Crippen LogP contribution in [0.3, 0.4) is 0 Å². The van der Waals surface area contributed by atoms with Crippen molar-refractivity contribution in [2.75, 3.05) is 37.6 Å². The highest BCUT2D eigenvalue weighted by atomic mass is 32.1. The molecule has 2 fully saturated rings. The van der Waals surface area contributed by atoms with Crippen molar-refractivity contribution in [3.63, 3.8) is 0 Å². The highest BCUT2D eigenvalue weighted by Gasteiger charge is 2.37. The van der Waals surface area contributed by atoms with Gasteiger partial charge in [0.05, 0.1) is 5.92 Å². The van der Waals surface area contributed by atoms with Crippen LogP contribution >= 0.6 is 11.3 Å². The number of hydrogen-bond donors (Lipinski definition) is 0. The van der Waals surface area contributed by atoms with Gasteiger partial charge in [0, 0.05) is 69.7 Å². The predicted octanol–water partition coefficient (Wildman–Crippen LogP) is 1.24. The number of rotatable bonds is 4. The molecule has 0 radical (unpaired) electrons. The summed E-state index contributed by atoms with van der Waals surface area (Å²) in [6.07, 6.45) is 5.57. The minimum absolute atomic E-state index is 0.0570. The van der Waals surface area contributed by atoms with E-state index in [0.717, 1.165) is 23.8 Å². The van der Waals surface area contributed by atoms with Gasteiger partial charge in [-0.2, -0.15) is 0 Å². The lowest BCUT2D eigenvalue weighted by atomic mass is 10.1. The summed E-state index contributed by atoms with van der Waals surface area (Å²) in [4.78, 5) is 39.4. The van der Waals surface area contributed by atoms with Crippen LogP contribution in [0.15, 0.2) is 36.1 Å². The van der Waals surface area contributed by atoms with E-state index >= 15 is 0 Å². The van der Waals surface area contributed by atoms with Gasteiger partial charge in [-0.1, -0.05) is 0 Å². The molecule has 2 aliphatic rings. The number of anilines is 1. The summed E-state index contributed by atoms with van der Waals surface area (Å²) in [5, 5.41) is 2.98. The largest absolute Gasteiger partial charge is 0.345 e. The quantitative estimate of drug-likeness (QED) is 0.809. The highest BCUT2D eigenvalue weighted by molar-refractivity contribution is 7.13. The van der Waals surface area contributed by atoms with Gasteiger partial charge in [0.1, 0.15) is 0 Å². The molecular weight excluding hydrogens is 350 g/mol. The minimum Gasteiger partial charge on any atom is -0.345 e.